The minimum atomic E-state index is -0.501. The van der Waals surface area contributed by atoms with Gasteiger partial charge in [0.05, 0.1) is 15.9 Å². The molecule has 0 radical (unpaired) electrons. The molecule has 0 unspecified atom stereocenters. The van der Waals surface area contributed by atoms with E-state index >= 15 is 0 Å². The number of fused-ring (bicyclic) bond motifs is 3. The number of likely N-dealkylation sites (tertiary alicyclic amines) is 1. The summed E-state index contributed by atoms with van der Waals surface area (Å²) in [7, 11) is 0. The highest BCUT2D eigenvalue weighted by molar-refractivity contribution is 6.36. The van der Waals surface area contributed by atoms with Crippen molar-refractivity contribution < 1.29 is 9.53 Å². The smallest absolute Gasteiger partial charge is 0.410 e. The molecule has 0 saturated carbocycles. The van der Waals surface area contributed by atoms with Crippen LogP contribution < -0.4 is 5.56 Å². The summed E-state index contributed by atoms with van der Waals surface area (Å²) < 4.78 is 8.94. The molecule has 0 bridgehead atoms. The Balaban J connectivity index is 1.57. The Labute approximate surface area is 173 Å². The first kappa shape index (κ1) is 19.8. The van der Waals surface area contributed by atoms with Gasteiger partial charge in [-0.2, -0.15) is 5.10 Å². The van der Waals surface area contributed by atoms with Gasteiger partial charge in [-0.15, -0.1) is 0 Å². The Morgan fingerprint density at radius 2 is 1.97 bits per heavy atom. The van der Waals surface area contributed by atoms with Crippen LogP contribution in [0.4, 0.5) is 4.79 Å². The highest BCUT2D eigenvalue weighted by Gasteiger charge is 2.27. The van der Waals surface area contributed by atoms with Crippen LogP contribution >= 0.6 is 11.6 Å². The lowest BCUT2D eigenvalue weighted by atomic mass is 9.97. The molecular weight excluding hydrogens is 392 g/mol. The SMILES string of the molecule is CC(C)(C)OC(=O)N1CCC(Cn2c(=O)ccn3nc4cccc(Cl)c4c23)CC1. The van der Waals surface area contributed by atoms with E-state index in [1.54, 1.807) is 20.2 Å². The van der Waals surface area contributed by atoms with E-state index in [1.165, 1.54) is 6.07 Å². The summed E-state index contributed by atoms with van der Waals surface area (Å²) >= 11 is 6.42. The second-order valence-electron chi connectivity index (χ2n) is 8.58. The van der Waals surface area contributed by atoms with Crippen LogP contribution in [0.25, 0.3) is 16.6 Å². The van der Waals surface area contributed by atoms with E-state index < -0.39 is 5.60 Å². The fraction of sp³-hybridized carbons (Fsp3) is 0.476. The third-order valence-electron chi connectivity index (χ3n) is 5.23. The summed E-state index contributed by atoms with van der Waals surface area (Å²) in [5, 5.41) is 5.91. The molecule has 1 fully saturated rings. The molecule has 3 aromatic rings. The zero-order valence-corrected chi connectivity index (χ0v) is 17.6. The van der Waals surface area contributed by atoms with Gasteiger partial charge in [-0.25, -0.2) is 9.31 Å². The molecule has 0 N–H and O–H groups in total. The minimum Gasteiger partial charge on any atom is -0.444 e. The van der Waals surface area contributed by atoms with E-state index in [0.717, 1.165) is 23.7 Å². The zero-order chi connectivity index (χ0) is 20.8. The van der Waals surface area contributed by atoms with Gasteiger partial charge in [0, 0.05) is 31.9 Å². The first-order valence-electron chi connectivity index (χ1n) is 9.87. The number of hydrogen-bond acceptors (Lipinski definition) is 4. The second-order valence-corrected chi connectivity index (χ2v) is 8.98. The van der Waals surface area contributed by atoms with Crippen LogP contribution in [0.15, 0.2) is 35.3 Å². The number of ether oxygens (including phenoxy) is 1. The van der Waals surface area contributed by atoms with E-state index in [2.05, 4.69) is 5.10 Å². The molecule has 2 aromatic heterocycles. The fourth-order valence-electron chi connectivity index (χ4n) is 3.85. The Morgan fingerprint density at radius 1 is 1.24 bits per heavy atom. The first-order chi connectivity index (χ1) is 13.7. The second kappa shape index (κ2) is 7.37. The van der Waals surface area contributed by atoms with Crippen molar-refractivity contribution in [1.29, 1.82) is 0 Å². The maximum absolute atomic E-state index is 12.7. The molecule has 0 aliphatic carbocycles. The van der Waals surface area contributed by atoms with E-state index in [9.17, 15) is 9.59 Å². The number of benzene rings is 1. The lowest BCUT2D eigenvalue weighted by molar-refractivity contribution is 0.0178. The van der Waals surface area contributed by atoms with Gasteiger partial charge in [-0.1, -0.05) is 17.7 Å². The summed E-state index contributed by atoms with van der Waals surface area (Å²) in [6.07, 6.45) is 3.03. The molecule has 7 nitrogen and oxygen atoms in total. The van der Waals surface area contributed by atoms with Crippen LogP contribution in [0.1, 0.15) is 33.6 Å². The lowest BCUT2D eigenvalue weighted by Crippen LogP contribution is -2.42. The van der Waals surface area contributed by atoms with Crippen molar-refractivity contribution in [2.24, 2.45) is 5.92 Å². The van der Waals surface area contributed by atoms with Crippen molar-refractivity contribution in [3.8, 4) is 0 Å². The van der Waals surface area contributed by atoms with Gasteiger partial charge in [0.2, 0.25) is 0 Å². The van der Waals surface area contributed by atoms with Gasteiger partial charge < -0.3 is 9.64 Å². The largest absolute Gasteiger partial charge is 0.444 e. The molecule has 4 rings (SSSR count). The Kier molecular flexibility index (Phi) is 5.02. The Hall–Kier alpha value is -2.54. The van der Waals surface area contributed by atoms with E-state index in [-0.39, 0.29) is 17.6 Å². The van der Waals surface area contributed by atoms with E-state index in [1.807, 2.05) is 39.0 Å². The van der Waals surface area contributed by atoms with Crippen LogP contribution in [0, 0.1) is 5.92 Å². The van der Waals surface area contributed by atoms with Gasteiger partial charge >= 0.3 is 6.09 Å². The monoisotopic (exact) mass is 416 g/mol. The molecule has 0 spiro atoms. The highest BCUT2D eigenvalue weighted by atomic mass is 35.5. The van der Waals surface area contributed by atoms with Gasteiger partial charge in [0.15, 0.2) is 0 Å². The number of carbonyl (C=O) groups excluding carboxylic acids is 1. The predicted molar refractivity (Wildman–Crippen MR) is 112 cm³/mol. The average molecular weight is 417 g/mol. The number of aromatic nitrogens is 3. The van der Waals surface area contributed by atoms with Crippen molar-refractivity contribution in [2.75, 3.05) is 13.1 Å². The van der Waals surface area contributed by atoms with E-state index in [0.29, 0.717) is 30.3 Å². The topological polar surface area (TPSA) is 68.8 Å². The highest BCUT2D eigenvalue weighted by Crippen LogP contribution is 2.28. The first-order valence-corrected chi connectivity index (χ1v) is 10.2. The van der Waals surface area contributed by atoms with Gasteiger partial charge in [0.25, 0.3) is 5.56 Å². The standard InChI is InChI=1S/C21H25ClN4O3/c1-21(2,3)29-20(28)24-10-7-14(8-11-24)13-25-17(27)9-12-26-19(25)18-15(22)5-4-6-16(18)23-26/h4-6,9,12,14H,7-8,10-11,13H2,1-3H3. The van der Waals surface area contributed by atoms with Gasteiger partial charge in [-0.3, -0.25) is 9.36 Å². The minimum absolute atomic E-state index is 0.0752. The third kappa shape index (κ3) is 3.96. The quantitative estimate of drug-likeness (QED) is 0.634. The summed E-state index contributed by atoms with van der Waals surface area (Å²) in [6.45, 7) is 7.41. The normalized spacial score (nSPS) is 15.9. The molecule has 3 heterocycles. The van der Waals surface area contributed by atoms with Crippen LogP contribution in [-0.2, 0) is 11.3 Å². The molecule has 1 aromatic carbocycles. The molecular formula is C21H25ClN4O3. The Morgan fingerprint density at radius 3 is 2.66 bits per heavy atom. The fourth-order valence-corrected chi connectivity index (χ4v) is 4.10. The number of hydrogen-bond donors (Lipinski definition) is 0. The maximum atomic E-state index is 12.7. The van der Waals surface area contributed by atoms with Crippen molar-refractivity contribution in [3.63, 3.8) is 0 Å². The number of rotatable bonds is 2. The Bertz CT molecular complexity index is 1120. The predicted octanol–water partition coefficient (Wildman–Crippen LogP) is 3.95. The number of amides is 1. The number of carbonyl (C=O) groups is 1. The zero-order valence-electron chi connectivity index (χ0n) is 16.9. The lowest BCUT2D eigenvalue weighted by Gasteiger charge is -2.33. The molecule has 1 aliphatic heterocycles. The van der Waals surface area contributed by atoms with Crippen molar-refractivity contribution in [1.82, 2.24) is 19.1 Å². The summed E-state index contributed by atoms with van der Waals surface area (Å²) in [4.78, 5) is 26.7. The number of nitrogens with zero attached hydrogens (tertiary/aromatic N) is 4. The number of piperidine rings is 1. The average Bonchev–Trinajstić information content (AvgIpc) is 3.03. The molecule has 1 amide bonds. The third-order valence-corrected chi connectivity index (χ3v) is 5.55. The molecule has 8 heteroatoms. The van der Waals surface area contributed by atoms with Crippen LogP contribution in [0.5, 0.6) is 0 Å². The summed E-state index contributed by atoms with van der Waals surface area (Å²) in [5.74, 6) is 0.282. The molecule has 29 heavy (non-hydrogen) atoms. The van der Waals surface area contributed by atoms with Crippen molar-refractivity contribution in [2.45, 2.75) is 45.8 Å². The van der Waals surface area contributed by atoms with Crippen molar-refractivity contribution >= 4 is 34.2 Å². The molecule has 154 valence electrons. The number of halogens is 1. The van der Waals surface area contributed by atoms with Crippen LogP contribution in [-0.4, -0.2) is 43.9 Å². The van der Waals surface area contributed by atoms with Crippen LogP contribution in [0.2, 0.25) is 5.02 Å². The van der Waals surface area contributed by atoms with E-state index in [4.69, 9.17) is 16.3 Å². The summed E-state index contributed by atoms with van der Waals surface area (Å²) in [6, 6.07) is 7.09. The van der Waals surface area contributed by atoms with Gasteiger partial charge in [0.1, 0.15) is 11.2 Å². The molecule has 0 atom stereocenters. The van der Waals surface area contributed by atoms with Gasteiger partial charge in [-0.05, 0) is 51.7 Å². The molecule has 1 saturated heterocycles. The van der Waals surface area contributed by atoms with Crippen LogP contribution in [0.3, 0.4) is 0 Å². The van der Waals surface area contributed by atoms with Crippen molar-refractivity contribution in [3.05, 3.63) is 45.8 Å². The maximum Gasteiger partial charge on any atom is 0.410 e. The molecule has 1 aliphatic rings. The summed E-state index contributed by atoms with van der Waals surface area (Å²) in [5.41, 5.74) is 0.900.